The van der Waals surface area contributed by atoms with Gasteiger partial charge in [0.05, 0.1) is 44.3 Å². The standard InChI is InChI=1S/C35H34F2N6O7/c1-21-16-22(36)4-6-26(21)43-19-29(45-2)31(41-43)34(44)40-23-5-7-27(24(37)17-23)50-35-30-25(38-20-39-35)18-28(32-33(30)49-15-14-48-32)47-11-3-8-42-9-12-46-13-10-42/h4-7,16-20H,3,8-15H2,1-2H3,(H,40,44). The Morgan fingerprint density at radius 3 is 2.56 bits per heavy atom. The number of anilines is 1. The molecule has 260 valence electrons. The molecule has 1 fully saturated rings. The van der Waals surface area contributed by atoms with Gasteiger partial charge in [-0.3, -0.25) is 9.69 Å². The van der Waals surface area contributed by atoms with Gasteiger partial charge in [0.2, 0.25) is 11.6 Å². The Labute approximate surface area is 285 Å². The van der Waals surface area contributed by atoms with E-state index in [-0.39, 0.29) is 35.4 Å². The van der Waals surface area contributed by atoms with E-state index in [4.69, 9.17) is 28.4 Å². The largest absolute Gasteiger partial charge is 0.493 e. The molecular formula is C35H34F2N6O7. The Bertz CT molecular complexity index is 2040. The number of ether oxygens (including phenoxy) is 6. The molecule has 4 heterocycles. The zero-order chi connectivity index (χ0) is 34.6. The maximum atomic E-state index is 15.5. The summed E-state index contributed by atoms with van der Waals surface area (Å²) in [5, 5.41) is 7.37. The van der Waals surface area contributed by atoms with Crippen molar-refractivity contribution < 1.29 is 42.0 Å². The molecule has 50 heavy (non-hydrogen) atoms. The molecule has 0 bridgehead atoms. The molecule has 1 N–H and O–H groups in total. The minimum Gasteiger partial charge on any atom is -0.493 e. The number of aryl methyl sites for hydroxylation is 1. The minimum atomic E-state index is -0.764. The molecule has 3 aromatic carbocycles. The second-order valence-corrected chi connectivity index (χ2v) is 11.6. The third kappa shape index (κ3) is 6.95. The number of rotatable bonds is 11. The van der Waals surface area contributed by atoms with Gasteiger partial charge in [-0.2, -0.15) is 5.10 Å². The van der Waals surface area contributed by atoms with E-state index in [1.807, 2.05) is 0 Å². The fourth-order valence-corrected chi connectivity index (χ4v) is 5.78. The first-order valence-corrected chi connectivity index (χ1v) is 16.1. The van der Waals surface area contributed by atoms with Crippen molar-refractivity contribution in [2.24, 2.45) is 0 Å². The van der Waals surface area contributed by atoms with Crippen LogP contribution in [0.4, 0.5) is 14.5 Å². The molecular weight excluding hydrogens is 654 g/mol. The SMILES string of the molecule is COc1cn(-c2ccc(F)cc2C)nc1C(=O)Nc1ccc(Oc2ncnc3cc(OCCCN4CCOCC4)c4c(c23)OCCO4)c(F)c1. The molecule has 5 aromatic rings. The van der Waals surface area contributed by atoms with E-state index in [1.54, 1.807) is 19.1 Å². The Morgan fingerprint density at radius 2 is 1.78 bits per heavy atom. The predicted octanol–water partition coefficient (Wildman–Crippen LogP) is 5.33. The van der Waals surface area contributed by atoms with Gasteiger partial charge in [0.25, 0.3) is 5.91 Å². The second kappa shape index (κ2) is 14.5. The fourth-order valence-electron chi connectivity index (χ4n) is 5.78. The van der Waals surface area contributed by atoms with Crippen LogP contribution in [0.3, 0.4) is 0 Å². The van der Waals surface area contributed by atoms with E-state index in [1.165, 1.54) is 48.6 Å². The lowest BCUT2D eigenvalue weighted by Gasteiger charge is -2.26. The number of hydrogen-bond acceptors (Lipinski definition) is 11. The van der Waals surface area contributed by atoms with Crippen molar-refractivity contribution in [1.29, 1.82) is 0 Å². The van der Waals surface area contributed by atoms with Gasteiger partial charge in [-0.15, -0.1) is 0 Å². The van der Waals surface area contributed by atoms with E-state index in [2.05, 4.69) is 25.3 Å². The second-order valence-electron chi connectivity index (χ2n) is 11.6. The highest BCUT2D eigenvalue weighted by Gasteiger charge is 2.26. The summed E-state index contributed by atoms with van der Waals surface area (Å²) in [5.41, 5.74) is 1.74. The molecule has 0 atom stereocenters. The highest BCUT2D eigenvalue weighted by molar-refractivity contribution is 6.04. The summed E-state index contributed by atoms with van der Waals surface area (Å²) in [7, 11) is 1.40. The molecule has 0 aliphatic carbocycles. The molecule has 2 aliphatic heterocycles. The number of carbonyl (C=O) groups excluding carboxylic acids is 1. The predicted molar refractivity (Wildman–Crippen MR) is 177 cm³/mol. The van der Waals surface area contributed by atoms with Crippen LogP contribution < -0.4 is 29.0 Å². The molecule has 1 saturated heterocycles. The minimum absolute atomic E-state index is 0.0446. The van der Waals surface area contributed by atoms with Crippen molar-refractivity contribution in [1.82, 2.24) is 24.6 Å². The van der Waals surface area contributed by atoms with Gasteiger partial charge in [0, 0.05) is 37.5 Å². The monoisotopic (exact) mass is 688 g/mol. The lowest BCUT2D eigenvalue weighted by Crippen LogP contribution is -2.37. The van der Waals surface area contributed by atoms with Crippen LogP contribution in [0.25, 0.3) is 16.6 Å². The van der Waals surface area contributed by atoms with E-state index < -0.39 is 17.5 Å². The van der Waals surface area contributed by atoms with Crippen LogP contribution in [-0.4, -0.2) is 90.3 Å². The fraction of sp³-hybridized carbons (Fsp3) is 0.314. The van der Waals surface area contributed by atoms with E-state index in [9.17, 15) is 9.18 Å². The first-order valence-electron chi connectivity index (χ1n) is 16.1. The zero-order valence-corrected chi connectivity index (χ0v) is 27.4. The molecule has 0 unspecified atom stereocenters. The molecule has 2 aromatic heterocycles. The van der Waals surface area contributed by atoms with Gasteiger partial charge < -0.3 is 33.7 Å². The van der Waals surface area contributed by atoms with Crippen molar-refractivity contribution in [3.05, 3.63) is 77.9 Å². The van der Waals surface area contributed by atoms with Crippen LogP contribution in [0.15, 0.2) is 55.0 Å². The van der Waals surface area contributed by atoms with Crippen molar-refractivity contribution in [2.45, 2.75) is 13.3 Å². The number of halogens is 2. The topological polar surface area (TPSA) is 131 Å². The molecule has 13 nitrogen and oxygen atoms in total. The molecule has 1 amide bonds. The first-order chi connectivity index (χ1) is 24.4. The number of benzene rings is 3. The smallest absolute Gasteiger partial charge is 0.280 e. The number of fused-ring (bicyclic) bond motifs is 3. The molecule has 15 heteroatoms. The number of amides is 1. The van der Waals surface area contributed by atoms with E-state index in [0.29, 0.717) is 52.6 Å². The summed E-state index contributed by atoms with van der Waals surface area (Å²) in [4.78, 5) is 24.2. The van der Waals surface area contributed by atoms with E-state index in [0.717, 1.165) is 45.3 Å². The van der Waals surface area contributed by atoms with Gasteiger partial charge in [0.1, 0.15) is 30.7 Å². The average Bonchev–Trinajstić information content (AvgIpc) is 3.56. The van der Waals surface area contributed by atoms with Crippen molar-refractivity contribution in [3.63, 3.8) is 0 Å². The number of aromatic nitrogens is 4. The van der Waals surface area contributed by atoms with Crippen LogP contribution in [0.2, 0.25) is 0 Å². The van der Waals surface area contributed by atoms with Crippen LogP contribution in [0.1, 0.15) is 22.5 Å². The number of morpholine rings is 1. The van der Waals surface area contributed by atoms with Crippen molar-refractivity contribution in [2.75, 3.05) is 65.1 Å². The van der Waals surface area contributed by atoms with Gasteiger partial charge in [-0.1, -0.05) is 0 Å². The molecule has 0 saturated carbocycles. The highest BCUT2D eigenvalue weighted by Crippen LogP contribution is 2.48. The molecule has 0 spiro atoms. The van der Waals surface area contributed by atoms with Crippen molar-refractivity contribution in [3.8, 4) is 40.3 Å². The van der Waals surface area contributed by atoms with Gasteiger partial charge >= 0.3 is 0 Å². The lowest BCUT2D eigenvalue weighted by atomic mass is 10.1. The van der Waals surface area contributed by atoms with Gasteiger partial charge in [-0.25, -0.2) is 23.4 Å². The molecule has 0 radical (unpaired) electrons. The molecule has 2 aliphatic rings. The number of methoxy groups -OCH3 is 1. The van der Waals surface area contributed by atoms with E-state index >= 15 is 4.39 Å². The Kier molecular flexibility index (Phi) is 9.58. The number of carbonyl (C=O) groups is 1. The lowest BCUT2D eigenvalue weighted by molar-refractivity contribution is 0.0357. The van der Waals surface area contributed by atoms with Crippen LogP contribution in [0.5, 0.6) is 34.6 Å². The maximum absolute atomic E-state index is 15.5. The summed E-state index contributed by atoms with van der Waals surface area (Å²) in [6, 6.07) is 9.89. The normalized spacial score (nSPS) is 14.4. The highest BCUT2D eigenvalue weighted by atomic mass is 19.1. The Morgan fingerprint density at radius 1 is 0.960 bits per heavy atom. The maximum Gasteiger partial charge on any atom is 0.280 e. The number of hydrogen-bond donors (Lipinski definition) is 1. The Hall–Kier alpha value is -5.54. The van der Waals surface area contributed by atoms with Crippen LogP contribution in [0, 0.1) is 18.6 Å². The zero-order valence-electron chi connectivity index (χ0n) is 27.4. The third-order valence-corrected chi connectivity index (χ3v) is 8.24. The average molecular weight is 689 g/mol. The summed E-state index contributed by atoms with van der Waals surface area (Å²) < 4.78 is 65.3. The quantitative estimate of drug-likeness (QED) is 0.181. The van der Waals surface area contributed by atoms with Gasteiger partial charge in [0.15, 0.2) is 34.5 Å². The first kappa shape index (κ1) is 33.0. The summed E-state index contributed by atoms with van der Waals surface area (Å²) in [5.74, 6) is -0.474. The van der Waals surface area contributed by atoms with Crippen LogP contribution in [-0.2, 0) is 4.74 Å². The van der Waals surface area contributed by atoms with Crippen molar-refractivity contribution >= 4 is 22.5 Å². The summed E-state index contributed by atoms with van der Waals surface area (Å²) in [6.07, 6.45) is 3.63. The number of nitrogens with zero attached hydrogens (tertiary/aromatic N) is 5. The summed E-state index contributed by atoms with van der Waals surface area (Å²) in [6.45, 7) is 6.97. The third-order valence-electron chi connectivity index (χ3n) is 8.24. The summed E-state index contributed by atoms with van der Waals surface area (Å²) >= 11 is 0. The van der Waals surface area contributed by atoms with Gasteiger partial charge in [-0.05, 0) is 49.2 Å². The number of nitrogens with one attached hydrogen (secondary N) is 1. The van der Waals surface area contributed by atoms with Crippen LogP contribution >= 0.6 is 0 Å². The molecule has 7 rings (SSSR count). The Balaban J connectivity index is 1.08.